The Hall–Kier alpha value is -1.89. The van der Waals surface area contributed by atoms with Gasteiger partial charge in [0.25, 0.3) is 0 Å². The molecule has 0 aromatic carbocycles. The van der Waals surface area contributed by atoms with Gasteiger partial charge in [0.05, 0.1) is 6.54 Å². The van der Waals surface area contributed by atoms with Gasteiger partial charge < -0.3 is 14.7 Å². The first-order chi connectivity index (χ1) is 11.6. The number of hydrogen-bond acceptors (Lipinski definition) is 6. The molecule has 0 unspecified atom stereocenters. The Morgan fingerprint density at radius 1 is 1.08 bits per heavy atom. The Bertz CT molecular complexity index is 550. The maximum atomic E-state index is 12.4. The van der Waals surface area contributed by atoms with Crippen molar-refractivity contribution in [1.29, 1.82) is 0 Å². The summed E-state index contributed by atoms with van der Waals surface area (Å²) in [5, 5.41) is 0. The van der Waals surface area contributed by atoms with Gasteiger partial charge in [-0.05, 0) is 25.3 Å². The highest BCUT2D eigenvalue weighted by Gasteiger charge is 2.23. The molecule has 0 bridgehead atoms. The number of carbonyl (C=O) groups excluding carboxylic acids is 1. The van der Waals surface area contributed by atoms with Crippen LogP contribution in [-0.2, 0) is 4.79 Å². The third-order valence-electron chi connectivity index (χ3n) is 4.79. The standard InChI is InChI=1S/C17H28N6O/c1-20(2)17-18-7-6-15(19-17)22-12-10-21(11-13-22)14-16(24)23-8-4-3-5-9-23/h6-7H,3-5,8-14H2,1-2H3. The third kappa shape index (κ3) is 4.14. The van der Waals surface area contributed by atoms with Crippen molar-refractivity contribution in [3.8, 4) is 0 Å². The van der Waals surface area contributed by atoms with E-state index >= 15 is 0 Å². The lowest BCUT2D eigenvalue weighted by Crippen LogP contribution is -2.51. The van der Waals surface area contributed by atoms with E-state index in [-0.39, 0.29) is 0 Å². The second-order valence-electron chi connectivity index (χ2n) is 6.81. The summed E-state index contributed by atoms with van der Waals surface area (Å²) >= 11 is 0. The van der Waals surface area contributed by atoms with Gasteiger partial charge in [0.15, 0.2) is 0 Å². The van der Waals surface area contributed by atoms with Crippen LogP contribution >= 0.6 is 0 Å². The van der Waals surface area contributed by atoms with Crippen molar-refractivity contribution in [2.45, 2.75) is 19.3 Å². The van der Waals surface area contributed by atoms with Crippen molar-refractivity contribution in [2.75, 3.05) is 69.7 Å². The lowest BCUT2D eigenvalue weighted by Gasteiger charge is -2.36. The van der Waals surface area contributed by atoms with Gasteiger partial charge in [-0.2, -0.15) is 4.98 Å². The van der Waals surface area contributed by atoms with E-state index in [0.29, 0.717) is 12.5 Å². The van der Waals surface area contributed by atoms with Gasteiger partial charge in [-0.25, -0.2) is 4.98 Å². The van der Waals surface area contributed by atoms with Gasteiger partial charge in [0, 0.05) is 59.6 Å². The van der Waals surface area contributed by atoms with Crippen molar-refractivity contribution >= 4 is 17.7 Å². The second-order valence-corrected chi connectivity index (χ2v) is 6.81. The highest BCUT2D eigenvalue weighted by Crippen LogP contribution is 2.16. The van der Waals surface area contributed by atoms with Gasteiger partial charge in [-0.1, -0.05) is 0 Å². The first kappa shape index (κ1) is 17.0. The average Bonchev–Trinajstić information content (AvgIpc) is 2.63. The van der Waals surface area contributed by atoms with Crippen molar-refractivity contribution in [3.05, 3.63) is 12.3 Å². The number of hydrogen-bond donors (Lipinski definition) is 0. The fourth-order valence-electron chi connectivity index (χ4n) is 3.30. The molecule has 3 rings (SSSR count). The van der Waals surface area contributed by atoms with Crippen LogP contribution in [0.3, 0.4) is 0 Å². The van der Waals surface area contributed by atoms with E-state index in [4.69, 9.17) is 0 Å². The van der Waals surface area contributed by atoms with Gasteiger partial charge in [-0.15, -0.1) is 0 Å². The Morgan fingerprint density at radius 2 is 1.79 bits per heavy atom. The van der Waals surface area contributed by atoms with Crippen LogP contribution in [0.15, 0.2) is 12.3 Å². The van der Waals surface area contributed by atoms with Crippen molar-refractivity contribution in [3.63, 3.8) is 0 Å². The first-order valence-corrected chi connectivity index (χ1v) is 8.89. The molecule has 2 saturated heterocycles. The number of anilines is 2. The predicted octanol–water partition coefficient (Wildman–Crippen LogP) is 0.677. The maximum Gasteiger partial charge on any atom is 0.236 e. The molecule has 2 aliphatic rings. The number of piperazine rings is 1. The SMILES string of the molecule is CN(C)c1nccc(N2CCN(CC(=O)N3CCCCC3)CC2)n1. The van der Waals surface area contributed by atoms with Crippen molar-refractivity contribution in [1.82, 2.24) is 19.8 Å². The smallest absolute Gasteiger partial charge is 0.236 e. The summed E-state index contributed by atoms with van der Waals surface area (Å²) < 4.78 is 0. The van der Waals surface area contributed by atoms with Crippen LogP contribution in [0.2, 0.25) is 0 Å². The zero-order chi connectivity index (χ0) is 16.9. The molecule has 3 heterocycles. The molecular formula is C17H28N6O. The fourth-order valence-corrected chi connectivity index (χ4v) is 3.30. The number of carbonyl (C=O) groups is 1. The summed E-state index contributed by atoms with van der Waals surface area (Å²) in [6, 6.07) is 1.96. The normalized spacial score (nSPS) is 19.4. The summed E-state index contributed by atoms with van der Waals surface area (Å²) in [7, 11) is 3.90. The molecule has 0 saturated carbocycles. The molecule has 0 N–H and O–H groups in total. The molecule has 7 nitrogen and oxygen atoms in total. The molecule has 7 heteroatoms. The van der Waals surface area contributed by atoms with Gasteiger partial charge in [-0.3, -0.25) is 9.69 Å². The molecule has 1 amide bonds. The summed E-state index contributed by atoms with van der Waals surface area (Å²) in [5.41, 5.74) is 0. The Morgan fingerprint density at radius 3 is 2.46 bits per heavy atom. The molecule has 0 spiro atoms. The number of amides is 1. The quantitative estimate of drug-likeness (QED) is 0.808. The number of rotatable bonds is 4. The number of aromatic nitrogens is 2. The van der Waals surface area contributed by atoms with Crippen molar-refractivity contribution in [2.24, 2.45) is 0 Å². The van der Waals surface area contributed by atoms with Gasteiger partial charge in [0.2, 0.25) is 11.9 Å². The van der Waals surface area contributed by atoms with Crippen LogP contribution in [0.5, 0.6) is 0 Å². The van der Waals surface area contributed by atoms with Crippen LogP contribution < -0.4 is 9.80 Å². The van der Waals surface area contributed by atoms with Crippen LogP contribution in [-0.4, -0.2) is 85.6 Å². The second kappa shape index (κ2) is 7.79. The van der Waals surface area contributed by atoms with E-state index in [9.17, 15) is 4.79 Å². The zero-order valence-corrected chi connectivity index (χ0v) is 14.8. The predicted molar refractivity (Wildman–Crippen MR) is 95.4 cm³/mol. The minimum atomic E-state index is 0.292. The lowest BCUT2D eigenvalue weighted by molar-refractivity contribution is -0.133. The Labute approximate surface area is 144 Å². The van der Waals surface area contributed by atoms with E-state index in [2.05, 4.69) is 19.8 Å². The average molecular weight is 332 g/mol. The highest BCUT2D eigenvalue weighted by molar-refractivity contribution is 5.78. The topological polar surface area (TPSA) is 55.8 Å². The summed E-state index contributed by atoms with van der Waals surface area (Å²) in [6.07, 6.45) is 5.38. The minimum Gasteiger partial charge on any atom is -0.354 e. The van der Waals surface area contributed by atoms with Gasteiger partial charge in [0.1, 0.15) is 5.82 Å². The molecule has 0 atom stereocenters. The highest BCUT2D eigenvalue weighted by atomic mass is 16.2. The van der Waals surface area contributed by atoms with E-state index < -0.39 is 0 Å². The maximum absolute atomic E-state index is 12.4. The molecule has 2 aliphatic heterocycles. The number of likely N-dealkylation sites (tertiary alicyclic amines) is 1. The lowest BCUT2D eigenvalue weighted by atomic mass is 10.1. The van der Waals surface area contributed by atoms with E-state index in [1.165, 1.54) is 6.42 Å². The molecule has 1 aromatic rings. The van der Waals surface area contributed by atoms with Crippen LogP contribution in [0.25, 0.3) is 0 Å². The monoisotopic (exact) mass is 332 g/mol. The molecule has 132 valence electrons. The summed E-state index contributed by atoms with van der Waals surface area (Å²) in [6.45, 7) is 6.04. The molecular weight excluding hydrogens is 304 g/mol. The Balaban J connectivity index is 1.50. The van der Waals surface area contributed by atoms with Crippen LogP contribution in [0.4, 0.5) is 11.8 Å². The Kier molecular flexibility index (Phi) is 5.50. The van der Waals surface area contributed by atoms with Gasteiger partial charge >= 0.3 is 0 Å². The molecule has 2 fully saturated rings. The van der Waals surface area contributed by atoms with E-state index in [1.54, 1.807) is 0 Å². The summed E-state index contributed by atoms with van der Waals surface area (Å²) in [5.74, 6) is 1.99. The van der Waals surface area contributed by atoms with Crippen LogP contribution in [0, 0.1) is 0 Å². The first-order valence-electron chi connectivity index (χ1n) is 8.89. The molecule has 1 aromatic heterocycles. The number of nitrogens with zero attached hydrogens (tertiary/aromatic N) is 6. The minimum absolute atomic E-state index is 0.292. The molecule has 24 heavy (non-hydrogen) atoms. The van der Waals surface area contributed by atoms with E-state index in [0.717, 1.165) is 63.9 Å². The molecule has 0 aliphatic carbocycles. The van der Waals surface area contributed by atoms with Crippen LogP contribution in [0.1, 0.15) is 19.3 Å². The number of piperidine rings is 1. The molecule has 0 radical (unpaired) electrons. The zero-order valence-electron chi connectivity index (χ0n) is 14.8. The van der Waals surface area contributed by atoms with Crippen molar-refractivity contribution < 1.29 is 4.79 Å². The van der Waals surface area contributed by atoms with E-state index in [1.807, 2.05) is 36.2 Å². The third-order valence-corrected chi connectivity index (χ3v) is 4.79. The summed E-state index contributed by atoms with van der Waals surface area (Å²) in [4.78, 5) is 29.7. The largest absolute Gasteiger partial charge is 0.354 e. The fraction of sp³-hybridized carbons (Fsp3) is 0.706.